The molecular formula is C14H24ClN3. The second kappa shape index (κ2) is 6.07. The number of aromatic nitrogens is 2. The summed E-state index contributed by atoms with van der Waals surface area (Å²) >= 11 is 6.21. The van der Waals surface area contributed by atoms with E-state index in [1.807, 2.05) is 19.3 Å². The number of imidazole rings is 1. The molecule has 2 atom stereocenters. The van der Waals surface area contributed by atoms with Crippen molar-refractivity contribution in [1.82, 2.24) is 14.9 Å². The Hall–Kier alpha value is -0.540. The van der Waals surface area contributed by atoms with Crippen molar-refractivity contribution in [3.05, 3.63) is 18.2 Å². The second-order valence-electron chi connectivity index (χ2n) is 5.71. The molecule has 102 valence electrons. The summed E-state index contributed by atoms with van der Waals surface area (Å²) in [5.41, 5.74) is 0.160. The minimum atomic E-state index is 0.160. The highest BCUT2D eigenvalue weighted by Gasteiger charge is 2.33. The van der Waals surface area contributed by atoms with Crippen LogP contribution in [0.25, 0.3) is 0 Å². The Labute approximate surface area is 115 Å². The van der Waals surface area contributed by atoms with Gasteiger partial charge in [-0.15, -0.1) is 11.6 Å². The molecule has 1 aliphatic rings. The standard InChI is InChI=1S/C14H24ClN3/c1-12-4-3-5-14(10-12,11-15)17-7-9-18-8-6-16-13(18)2/h6,8,12,17H,3-5,7,9-11H2,1-2H3. The third-order valence-electron chi connectivity index (χ3n) is 4.12. The summed E-state index contributed by atoms with van der Waals surface area (Å²) in [6, 6.07) is 0. The van der Waals surface area contributed by atoms with Gasteiger partial charge in [0.25, 0.3) is 0 Å². The van der Waals surface area contributed by atoms with Crippen molar-refractivity contribution in [3.63, 3.8) is 0 Å². The van der Waals surface area contributed by atoms with Crippen molar-refractivity contribution >= 4 is 11.6 Å². The molecule has 2 rings (SSSR count). The topological polar surface area (TPSA) is 29.9 Å². The highest BCUT2D eigenvalue weighted by molar-refractivity contribution is 6.18. The van der Waals surface area contributed by atoms with Crippen LogP contribution in [0, 0.1) is 12.8 Å². The number of aryl methyl sites for hydroxylation is 1. The molecule has 1 saturated carbocycles. The monoisotopic (exact) mass is 269 g/mol. The lowest BCUT2D eigenvalue weighted by Crippen LogP contribution is -2.51. The van der Waals surface area contributed by atoms with Crippen LogP contribution in [-0.4, -0.2) is 27.5 Å². The van der Waals surface area contributed by atoms with E-state index in [0.717, 1.165) is 30.7 Å². The van der Waals surface area contributed by atoms with Gasteiger partial charge in [-0.05, 0) is 25.7 Å². The zero-order valence-corrected chi connectivity index (χ0v) is 12.2. The summed E-state index contributed by atoms with van der Waals surface area (Å²) in [5, 5.41) is 3.70. The predicted molar refractivity (Wildman–Crippen MR) is 76.0 cm³/mol. The van der Waals surface area contributed by atoms with Gasteiger partial charge in [-0.3, -0.25) is 0 Å². The maximum atomic E-state index is 6.21. The molecule has 0 bridgehead atoms. The van der Waals surface area contributed by atoms with Crippen LogP contribution >= 0.6 is 11.6 Å². The minimum absolute atomic E-state index is 0.160. The van der Waals surface area contributed by atoms with E-state index in [1.165, 1.54) is 25.7 Å². The molecule has 0 amide bonds. The summed E-state index contributed by atoms with van der Waals surface area (Å²) in [6.45, 7) is 6.32. The molecule has 1 aromatic heterocycles. The number of nitrogens with zero attached hydrogens (tertiary/aromatic N) is 2. The number of alkyl halides is 1. The average Bonchev–Trinajstić information content (AvgIpc) is 2.75. The lowest BCUT2D eigenvalue weighted by Gasteiger charge is -2.39. The van der Waals surface area contributed by atoms with Gasteiger partial charge in [-0.2, -0.15) is 0 Å². The summed E-state index contributed by atoms with van der Waals surface area (Å²) < 4.78 is 2.18. The van der Waals surface area contributed by atoms with E-state index in [9.17, 15) is 0 Å². The van der Waals surface area contributed by atoms with E-state index in [0.29, 0.717) is 0 Å². The molecule has 4 heteroatoms. The first-order valence-corrected chi connectivity index (χ1v) is 7.47. The highest BCUT2D eigenvalue weighted by Crippen LogP contribution is 2.33. The SMILES string of the molecule is Cc1nccn1CCNC1(CCl)CCCC(C)C1. The van der Waals surface area contributed by atoms with Crippen molar-refractivity contribution in [2.45, 2.75) is 51.6 Å². The summed E-state index contributed by atoms with van der Waals surface area (Å²) in [4.78, 5) is 4.24. The fourth-order valence-electron chi connectivity index (χ4n) is 3.07. The van der Waals surface area contributed by atoms with Crippen LogP contribution in [0.1, 0.15) is 38.4 Å². The molecule has 1 fully saturated rings. The quantitative estimate of drug-likeness (QED) is 0.833. The van der Waals surface area contributed by atoms with Crippen LogP contribution in [0.2, 0.25) is 0 Å². The van der Waals surface area contributed by atoms with Gasteiger partial charge in [0.05, 0.1) is 0 Å². The molecule has 18 heavy (non-hydrogen) atoms. The largest absolute Gasteiger partial charge is 0.334 e. The van der Waals surface area contributed by atoms with E-state index in [4.69, 9.17) is 11.6 Å². The molecule has 1 N–H and O–H groups in total. The van der Waals surface area contributed by atoms with Gasteiger partial charge in [0.1, 0.15) is 5.82 Å². The van der Waals surface area contributed by atoms with E-state index < -0.39 is 0 Å². The molecule has 1 heterocycles. The lowest BCUT2D eigenvalue weighted by atomic mass is 9.77. The summed E-state index contributed by atoms with van der Waals surface area (Å²) in [7, 11) is 0. The van der Waals surface area contributed by atoms with Gasteiger partial charge >= 0.3 is 0 Å². The minimum Gasteiger partial charge on any atom is -0.334 e. The number of hydrogen-bond donors (Lipinski definition) is 1. The van der Waals surface area contributed by atoms with Crippen molar-refractivity contribution < 1.29 is 0 Å². The van der Waals surface area contributed by atoms with Gasteiger partial charge in [0.2, 0.25) is 0 Å². The van der Waals surface area contributed by atoms with Gasteiger partial charge in [0, 0.05) is 36.9 Å². The number of nitrogens with one attached hydrogen (secondary N) is 1. The number of halogens is 1. The molecule has 1 aromatic rings. The second-order valence-corrected chi connectivity index (χ2v) is 5.98. The Morgan fingerprint density at radius 2 is 2.44 bits per heavy atom. The molecule has 0 aromatic carbocycles. The Morgan fingerprint density at radius 3 is 3.06 bits per heavy atom. The van der Waals surface area contributed by atoms with E-state index in [2.05, 4.69) is 21.8 Å². The maximum Gasteiger partial charge on any atom is 0.105 e. The molecule has 1 aliphatic carbocycles. The summed E-state index contributed by atoms with van der Waals surface area (Å²) in [6.07, 6.45) is 8.96. The smallest absolute Gasteiger partial charge is 0.105 e. The molecular weight excluding hydrogens is 246 g/mol. The Kier molecular flexibility index (Phi) is 4.68. The van der Waals surface area contributed by atoms with Crippen LogP contribution in [0.3, 0.4) is 0 Å². The van der Waals surface area contributed by atoms with Crippen LogP contribution in [0.5, 0.6) is 0 Å². The molecule has 2 unspecified atom stereocenters. The Balaban J connectivity index is 1.85. The van der Waals surface area contributed by atoms with Gasteiger partial charge in [-0.25, -0.2) is 4.98 Å². The molecule has 0 radical (unpaired) electrons. The van der Waals surface area contributed by atoms with E-state index in [1.54, 1.807) is 0 Å². The first-order chi connectivity index (χ1) is 8.65. The number of rotatable bonds is 5. The zero-order valence-electron chi connectivity index (χ0n) is 11.5. The average molecular weight is 270 g/mol. The fourth-order valence-corrected chi connectivity index (χ4v) is 3.41. The van der Waals surface area contributed by atoms with Crippen LogP contribution in [0.4, 0.5) is 0 Å². The Morgan fingerprint density at radius 1 is 1.61 bits per heavy atom. The van der Waals surface area contributed by atoms with Gasteiger partial charge in [0.15, 0.2) is 0 Å². The predicted octanol–water partition coefficient (Wildman–Crippen LogP) is 2.97. The lowest BCUT2D eigenvalue weighted by molar-refractivity contribution is 0.207. The number of hydrogen-bond acceptors (Lipinski definition) is 2. The molecule has 3 nitrogen and oxygen atoms in total. The van der Waals surface area contributed by atoms with Crippen molar-refractivity contribution in [2.75, 3.05) is 12.4 Å². The van der Waals surface area contributed by atoms with E-state index in [-0.39, 0.29) is 5.54 Å². The van der Waals surface area contributed by atoms with Crippen molar-refractivity contribution in [1.29, 1.82) is 0 Å². The summed E-state index contributed by atoms with van der Waals surface area (Å²) in [5.74, 6) is 2.59. The highest BCUT2D eigenvalue weighted by atomic mass is 35.5. The zero-order chi connectivity index (χ0) is 13.0. The van der Waals surface area contributed by atoms with Crippen LogP contribution in [-0.2, 0) is 6.54 Å². The Bertz CT molecular complexity index is 377. The molecule has 0 saturated heterocycles. The molecule has 0 aliphatic heterocycles. The van der Waals surface area contributed by atoms with Crippen molar-refractivity contribution in [2.24, 2.45) is 5.92 Å². The normalized spacial score (nSPS) is 28.5. The first-order valence-electron chi connectivity index (χ1n) is 6.94. The first kappa shape index (κ1) is 13.9. The third kappa shape index (κ3) is 3.27. The van der Waals surface area contributed by atoms with E-state index >= 15 is 0 Å². The fraction of sp³-hybridized carbons (Fsp3) is 0.786. The maximum absolute atomic E-state index is 6.21. The third-order valence-corrected chi connectivity index (χ3v) is 4.64. The van der Waals surface area contributed by atoms with Gasteiger partial charge < -0.3 is 9.88 Å². The molecule has 0 spiro atoms. The van der Waals surface area contributed by atoms with Gasteiger partial charge in [-0.1, -0.05) is 19.8 Å². The van der Waals surface area contributed by atoms with Crippen LogP contribution < -0.4 is 5.32 Å². The van der Waals surface area contributed by atoms with Crippen LogP contribution in [0.15, 0.2) is 12.4 Å². The van der Waals surface area contributed by atoms with Crippen molar-refractivity contribution in [3.8, 4) is 0 Å².